The van der Waals surface area contributed by atoms with Crippen molar-refractivity contribution >= 4 is 11.8 Å². The molecule has 1 aromatic carbocycles. The fourth-order valence-electron chi connectivity index (χ4n) is 3.08. The summed E-state index contributed by atoms with van der Waals surface area (Å²) in [5, 5.41) is 9.34. The summed E-state index contributed by atoms with van der Waals surface area (Å²) in [7, 11) is 0. The first-order valence-electron chi connectivity index (χ1n) is 6.32. The van der Waals surface area contributed by atoms with E-state index in [1.165, 1.54) is 4.90 Å². The Morgan fingerprint density at radius 3 is 2.28 bits per heavy atom. The van der Waals surface area contributed by atoms with Gasteiger partial charge in [-0.3, -0.25) is 14.5 Å². The zero-order chi connectivity index (χ0) is 12.7. The summed E-state index contributed by atoms with van der Waals surface area (Å²) >= 11 is 0. The number of hydrogen-bond donors (Lipinski definition) is 1. The minimum atomic E-state index is -0.207. The van der Waals surface area contributed by atoms with E-state index in [1.54, 1.807) is 24.3 Å². The maximum absolute atomic E-state index is 12.3. The lowest BCUT2D eigenvalue weighted by molar-refractivity contribution is 0.0514. The van der Waals surface area contributed by atoms with Crippen LogP contribution < -0.4 is 0 Å². The molecule has 1 saturated carbocycles. The van der Waals surface area contributed by atoms with E-state index in [4.69, 9.17) is 0 Å². The Balaban J connectivity index is 1.97. The van der Waals surface area contributed by atoms with Gasteiger partial charge in [0.15, 0.2) is 0 Å². The van der Waals surface area contributed by atoms with E-state index in [2.05, 4.69) is 0 Å². The Labute approximate surface area is 105 Å². The van der Waals surface area contributed by atoms with Crippen molar-refractivity contribution < 1.29 is 14.7 Å². The predicted octanol–water partition coefficient (Wildman–Crippen LogP) is 1.44. The van der Waals surface area contributed by atoms with Crippen molar-refractivity contribution in [2.24, 2.45) is 5.92 Å². The van der Waals surface area contributed by atoms with Gasteiger partial charge >= 0.3 is 0 Å². The summed E-state index contributed by atoms with van der Waals surface area (Å²) in [6.07, 6.45) is 2.65. The molecule has 1 fully saturated rings. The summed E-state index contributed by atoms with van der Waals surface area (Å²) in [5.74, 6) is -0.380. The second kappa shape index (κ2) is 4.21. The molecule has 18 heavy (non-hydrogen) atoms. The van der Waals surface area contributed by atoms with Crippen LogP contribution in [-0.4, -0.2) is 34.5 Å². The molecule has 2 amide bonds. The molecule has 1 aromatic rings. The lowest BCUT2D eigenvalue weighted by atomic mass is 10.0. The summed E-state index contributed by atoms with van der Waals surface area (Å²) < 4.78 is 0. The zero-order valence-corrected chi connectivity index (χ0v) is 10.0. The third-order valence-corrected chi connectivity index (χ3v) is 4.01. The Morgan fingerprint density at radius 1 is 1.11 bits per heavy atom. The molecule has 0 bridgehead atoms. The maximum atomic E-state index is 12.3. The van der Waals surface area contributed by atoms with Gasteiger partial charge in [0, 0.05) is 18.6 Å². The third kappa shape index (κ3) is 1.49. The molecule has 4 heteroatoms. The van der Waals surface area contributed by atoms with Gasteiger partial charge in [-0.15, -0.1) is 0 Å². The van der Waals surface area contributed by atoms with E-state index in [9.17, 15) is 14.7 Å². The molecule has 94 valence electrons. The number of imide groups is 1. The van der Waals surface area contributed by atoms with Crippen LogP contribution >= 0.6 is 0 Å². The van der Waals surface area contributed by atoms with Crippen LogP contribution in [-0.2, 0) is 0 Å². The number of aliphatic hydroxyl groups is 1. The van der Waals surface area contributed by atoms with Crippen LogP contribution in [0.25, 0.3) is 0 Å². The van der Waals surface area contributed by atoms with Gasteiger partial charge in [0.05, 0.1) is 11.1 Å². The SMILES string of the molecule is O=C1c2ccccc2C(=O)N1[C@H]1CCC[C@H]1CO. The third-order valence-electron chi connectivity index (χ3n) is 4.01. The van der Waals surface area contributed by atoms with E-state index in [-0.39, 0.29) is 30.4 Å². The number of nitrogens with zero attached hydrogens (tertiary/aromatic N) is 1. The van der Waals surface area contributed by atoms with E-state index < -0.39 is 0 Å². The van der Waals surface area contributed by atoms with Crippen LogP contribution in [0.2, 0.25) is 0 Å². The summed E-state index contributed by atoms with van der Waals surface area (Å²) in [4.78, 5) is 25.9. The summed E-state index contributed by atoms with van der Waals surface area (Å²) in [5.41, 5.74) is 0.983. The van der Waals surface area contributed by atoms with E-state index >= 15 is 0 Å². The number of amides is 2. The van der Waals surface area contributed by atoms with Gasteiger partial charge in [-0.2, -0.15) is 0 Å². The first-order valence-corrected chi connectivity index (χ1v) is 6.32. The number of fused-ring (bicyclic) bond motifs is 1. The maximum Gasteiger partial charge on any atom is 0.261 e. The molecule has 1 aliphatic heterocycles. The highest BCUT2D eigenvalue weighted by Crippen LogP contribution is 2.34. The second-order valence-corrected chi connectivity index (χ2v) is 4.97. The normalized spacial score (nSPS) is 26.8. The first-order chi connectivity index (χ1) is 8.74. The highest BCUT2D eigenvalue weighted by molar-refractivity contribution is 6.21. The average Bonchev–Trinajstić information content (AvgIpc) is 2.95. The molecular weight excluding hydrogens is 230 g/mol. The molecule has 3 rings (SSSR count). The molecule has 4 nitrogen and oxygen atoms in total. The number of carbonyl (C=O) groups is 2. The Bertz CT molecular complexity index is 477. The van der Waals surface area contributed by atoms with Crippen LogP contribution in [0.15, 0.2) is 24.3 Å². The van der Waals surface area contributed by atoms with Crippen LogP contribution in [0.5, 0.6) is 0 Å². The Kier molecular flexibility index (Phi) is 2.67. The monoisotopic (exact) mass is 245 g/mol. The van der Waals surface area contributed by atoms with Gasteiger partial charge in [-0.05, 0) is 25.0 Å². The van der Waals surface area contributed by atoms with Crippen LogP contribution in [0, 0.1) is 5.92 Å². The molecule has 2 atom stereocenters. The van der Waals surface area contributed by atoms with E-state index in [0.717, 1.165) is 19.3 Å². The van der Waals surface area contributed by atoms with E-state index in [1.807, 2.05) is 0 Å². The predicted molar refractivity (Wildman–Crippen MR) is 65.2 cm³/mol. The smallest absolute Gasteiger partial charge is 0.261 e. The van der Waals surface area contributed by atoms with Crippen LogP contribution in [0.3, 0.4) is 0 Å². The fraction of sp³-hybridized carbons (Fsp3) is 0.429. The number of aliphatic hydroxyl groups excluding tert-OH is 1. The molecule has 0 saturated heterocycles. The zero-order valence-electron chi connectivity index (χ0n) is 10.0. The molecular formula is C14H15NO3. The topological polar surface area (TPSA) is 57.6 Å². The summed E-state index contributed by atoms with van der Waals surface area (Å²) in [6, 6.07) is 6.79. The molecule has 0 radical (unpaired) electrons. The van der Waals surface area contributed by atoms with Crippen molar-refractivity contribution in [3.63, 3.8) is 0 Å². The number of carbonyl (C=O) groups excluding carboxylic acids is 2. The lowest BCUT2D eigenvalue weighted by Gasteiger charge is -2.26. The number of benzene rings is 1. The Hall–Kier alpha value is -1.68. The van der Waals surface area contributed by atoms with Crippen molar-refractivity contribution in [3.8, 4) is 0 Å². The quantitative estimate of drug-likeness (QED) is 0.802. The first kappa shape index (κ1) is 11.4. The average molecular weight is 245 g/mol. The van der Waals surface area contributed by atoms with Gasteiger partial charge in [-0.1, -0.05) is 18.6 Å². The minimum absolute atomic E-state index is 0.0345. The molecule has 1 N–H and O–H groups in total. The molecule has 1 heterocycles. The standard InChI is InChI=1S/C14H15NO3/c16-8-9-4-3-7-12(9)15-13(17)10-5-1-2-6-11(10)14(15)18/h1-2,5-6,9,12,16H,3-4,7-8H2/t9-,12-/m0/s1. The lowest BCUT2D eigenvalue weighted by Crippen LogP contribution is -2.42. The Morgan fingerprint density at radius 2 is 1.72 bits per heavy atom. The van der Waals surface area contributed by atoms with Crippen molar-refractivity contribution in [2.45, 2.75) is 25.3 Å². The van der Waals surface area contributed by atoms with Crippen LogP contribution in [0.4, 0.5) is 0 Å². The molecule has 1 aliphatic carbocycles. The van der Waals surface area contributed by atoms with Crippen molar-refractivity contribution in [3.05, 3.63) is 35.4 Å². The van der Waals surface area contributed by atoms with Crippen molar-refractivity contribution in [1.82, 2.24) is 4.90 Å². The van der Waals surface area contributed by atoms with Crippen LogP contribution in [0.1, 0.15) is 40.0 Å². The van der Waals surface area contributed by atoms with Crippen molar-refractivity contribution in [1.29, 1.82) is 0 Å². The van der Waals surface area contributed by atoms with Gasteiger partial charge < -0.3 is 5.11 Å². The largest absolute Gasteiger partial charge is 0.396 e. The highest BCUT2D eigenvalue weighted by Gasteiger charge is 2.43. The number of rotatable bonds is 2. The fourth-order valence-corrected chi connectivity index (χ4v) is 3.08. The van der Waals surface area contributed by atoms with Gasteiger partial charge in [0.2, 0.25) is 0 Å². The second-order valence-electron chi connectivity index (χ2n) is 4.97. The molecule has 0 unspecified atom stereocenters. The van der Waals surface area contributed by atoms with Crippen molar-refractivity contribution in [2.75, 3.05) is 6.61 Å². The molecule has 2 aliphatic rings. The molecule has 0 aromatic heterocycles. The van der Waals surface area contributed by atoms with Gasteiger partial charge in [-0.25, -0.2) is 0 Å². The van der Waals surface area contributed by atoms with E-state index in [0.29, 0.717) is 11.1 Å². The molecule has 0 spiro atoms. The highest BCUT2D eigenvalue weighted by atomic mass is 16.3. The number of hydrogen-bond acceptors (Lipinski definition) is 3. The summed E-state index contributed by atoms with van der Waals surface area (Å²) in [6.45, 7) is 0.0398. The van der Waals surface area contributed by atoms with Gasteiger partial charge in [0.25, 0.3) is 11.8 Å². The van der Waals surface area contributed by atoms with Gasteiger partial charge in [0.1, 0.15) is 0 Å². The minimum Gasteiger partial charge on any atom is -0.396 e.